The number of aryl methyl sites for hydroxylation is 1. The first kappa shape index (κ1) is 9.56. The lowest BCUT2D eigenvalue weighted by atomic mass is 9.89. The van der Waals surface area contributed by atoms with Gasteiger partial charge in [-0.05, 0) is 18.8 Å². The van der Waals surface area contributed by atoms with Crippen LogP contribution in [-0.4, -0.2) is 16.3 Å². The normalized spacial score (nSPS) is 18.4. The van der Waals surface area contributed by atoms with Gasteiger partial charge in [-0.15, -0.1) is 0 Å². The molecule has 3 nitrogen and oxygen atoms in total. The summed E-state index contributed by atoms with van der Waals surface area (Å²) in [5.41, 5.74) is 0. The summed E-state index contributed by atoms with van der Waals surface area (Å²) < 4.78 is 1.84. The summed E-state index contributed by atoms with van der Waals surface area (Å²) in [4.78, 5) is 0. The number of rotatable bonds is 3. The molecular formula is C11H19N3. The maximum Gasteiger partial charge on any atom is 0.147 e. The molecule has 0 bridgehead atoms. The minimum atomic E-state index is 0.866. The monoisotopic (exact) mass is 193 g/mol. The summed E-state index contributed by atoms with van der Waals surface area (Å²) in [6.45, 7) is 1.09. The van der Waals surface area contributed by atoms with E-state index in [0.29, 0.717) is 0 Å². The minimum Gasteiger partial charge on any atom is -0.368 e. The highest BCUT2D eigenvalue weighted by Gasteiger charge is 2.12. The second-order valence-electron chi connectivity index (χ2n) is 4.26. The molecule has 14 heavy (non-hydrogen) atoms. The first-order chi connectivity index (χ1) is 6.84. The van der Waals surface area contributed by atoms with Crippen LogP contribution in [0.2, 0.25) is 0 Å². The van der Waals surface area contributed by atoms with Crippen LogP contribution in [0.3, 0.4) is 0 Å². The van der Waals surface area contributed by atoms with Crippen molar-refractivity contribution in [2.75, 3.05) is 11.9 Å². The van der Waals surface area contributed by atoms with Crippen molar-refractivity contribution in [3.05, 3.63) is 12.3 Å². The van der Waals surface area contributed by atoms with E-state index in [1.165, 1.54) is 32.1 Å². The van der Waals surface area contributed by atoms with E-state index in [0.717, 1.165) is 18.3 Å². The summed E-state index contributed by atoms with van der Waals surface area (Å²) in [5, 5.41) is 7.70. The molecule has 0 amide bonds. The van der Waals surface area contributed by atoms with Crippen LogP contribution in [0.4, 0.5) is 5.82 Å². The Balaban J connectivity index is 1.76. The van der Waals surface area contributed by atoms with Gasteiger partial charge in [0.15, 0.2) is 0 Å². The molecule has 0 spiro atoms. The minimum absolute atomic E-state index is 0.866. The van der Waals surface area contributed by atoms with Crippen LogP contribution in [0.1, 0.15) is 32.1 Å². The molecule has 1 aliphatic rings. The van der Waals surface area contributed by atoms with Crippen LogP contribution in [-0.2, 0) is 7.05 Å². The summed E-state index contributed by atoms with van der Waals surface area (Å²) in [7, 11) is 1.95. The van der Waals surface area contributed by atoms with E-state index in [2.05, 4.69) is 10.4 Å². The molecule has 2 rings (SSSR count). The quantitative estimate of drug-likeness (QED) is 0.799. The molecule has 1 aliphatic carbocycles. The van der Waals surface area contributed by atoms with Crippen molar-refractivity contribution in [1.82, 2.24) is 9.78 Å². The van der Waals surface area contributed by atoms with Gasteiger partial charge in [-0.2, -0.15) is 5.10 Å². The second kappa shape index (κ2) is 4.49. The molecule has 0 aliphatic heterocycles. The first-order valence-electron chi connectivity index (χ1n) is 5.58. The summed E-state index contributed by atoms with van der Waals surface area (Å²) in [5.74, 6) is 1.88. The predicted molar refractivity (Wildman–Crippen MR) is 58.3 cm³/mol. The van der Waals surface area contributed by atoms with E-state index in [-0.39, 0.29) is 0 Å². The molecule has 0 unspecified atom stereocenters. The molecule has 1 aromatic heterocycles. The van der Waals surface area contributed by atoms with Crippen molar-refractivity contribution in [2.24, 2.45) is 13.0 Å². The Labute approximate surface area is 85.5 Å². The number of aromatic nitrogens is 2. The maximum atomic E-state index is 4.30. The van der Waals surface area contributed by atoms with Crippen molar-refractivity contribution in [2.45, 2.75) is 32.1 Å². The molecule has 78 valence electrons. The van der Waals surface area contributed by atoms with E-state index in [1.807, 2.05) is 24.0 Å². The van der Waals surface area contributed by atoms with Crippen molar-refractivity contribution >= 4 is 5.82 Å². The fourth-order valence-electron chi connectivity index (χ4n) is 2.15. The average molecular weight is 193 g/mol. The van der Waals surface area contributed by atoms with Gasteiger partial charge in [0.1, 0.15) is 5.82 Å². The zero-order valence-corrected chi connectivity index (χ0v) is 8.87. The third-order valence-electron chi connectivity index (χ3n) is 3.01. The van der Waals surface area contributed by atoms with Gasteiger partial charge >= 0.3 is 0 Å². The van der Waals surface area contributed by atoms with E-state index >= 15 is 0 Å². The Morgan fingerprint density at radius 2 is 2.21 bits per heavy atom. The number of nitrogens with zero attached hydrogens (tertiary/aromatic N) is 2. The molecule has 0 radical (unpaired) electrons. The van der Waals surface area contributed by atoms with Crippen LogP contribution in [0.15, 0.2) is 12.3 Å². The Bertz CT molecular complexity index is 274. The Kier molecular flexibility index (Phi) is 3.07. The summed E-state index contributed by atoms with van der Waals surface area (Å²) in [6, 6.07) is 2.03. The standard InChI is InChI=1S/C11H19N3/c1-14-8-7-11(13-14)12-9-10-5-3-2-4-6-10/h7-8,10H,2-6,9H2,1H3,(H,12,13). The Morgan fingerprint density at radius 1 is 1.43 bits per heavy atom. The zero-order valence-electron chi connectivity index (χ0n) is 8.87. The molecule has 0 saturated heterocycles. The van der Waals surface area contributed by atoms with Gasteiger partial charge in [0.05, 0.1) is 0 Å². The van der Waals surface area contributed by atoms with Gasteiger partial charge in [-0.25, -0.2) is 0 Å². The van der Waals surface area contributed by atoms with Crippen LogP contribution in [0.25, 0.3) is 0 Å². The van der Waals surface area contributed by atoms with E-state index in [1.54, 1.807) is 0 Å². The first-order valence-corrected chi connectivity index (χ1v) is 5.58. The Hall–Kier alpha value is -0.990. The van der Waals surface area contributed by atoms with E-state index < -0.39 is 0 Å². The SMILES string of the molecule is Cn1ccc(NCC2CCCCC2)n1. The van der Waals surface area contributed by atoms with Crippen molar-refractivity contribution in [3.8, 4) is 0 Å². The molecule has 1 heterocycles. The smallest absolute Gasteiger partial charge is 0.147 e. The van der Waals surface area contributed by atoms with Crippen molar-refractivity contribution in [3.63, 3.8) is 0 Å². The second-order valence-corrected chi connectivity index (χ2v) is 4.26. The van der Waals surface area contributed by atoms with E-state index in [9.17, 15) is 0 Å². The molecule has 1 saturated carbocycles. The van der Waals surface area contributed by atoms with Gasteiger partial charge < -0.3 is 5.32 Å². The fourth-order valence-corrected chi connectivity index (χ4v) is 2.15. The largest absolute Gasteiger partial charge is 0.368 e. The summed E-state index contributed by atoms with van der Waals surface area (Å²) in [6.07, 6.45) is 9.01. The van der Waals surface area contributed by atoms with Crippen molar-refractivity contribution < 1.29 is 0 Å². The number of hydrogen-bond acceptors (Lipinski definition) is 2. The molecule has 1 fully saturated rings. The Morgan fingerprint density at radius 3 is 2.86 bits per heavy atom. The van der Waals surface area contributed by atoms with Gasteiger partial charge in [0.25, 0.3) is 0 Å². The highest BCUT2D eigenvalue weighted by molar-refractivity contribution is 5.31. The predicted octanol–water partition coefficient (Wildman–Crippen LogP) is 2.41. The zero-order chi connectivity index (χ0) is 9.80. The van der Waals surface area contributed by atoms with Gasteiger partial charge in [-0.1, -0.05) is 19.3 Å². The van der Waals surface area contributed by atoms with Crippen LogP contribution in [0.5, 0.6) is 0 Å². The van der Waals surface area contributed by atoms with Gasteiger partial charge in [-0.3, -0.25) is 4.68 Å². The topological polar surface area (TPSA) is 29.9 Å². The van der Waals surface area contributed by atoms with Crippen molar-refractivity contribution in [1.29, 1.82) is 0 Å². The molecular weight excluding hydrogens is 174 g/mol. The number of anilines is 1. The number of hydrogen-bond donors (Lipinski definition) is 1. The fraction of sp³-hybridized carbons (Fsp3) is 0.727. The third kappa shape index (κ3) is 2.50. The van der Waals surface area contributed by atoms with Gasteiger partial charge in [0.2, 0.25) is 0 Å². The molecule has 0 atom stereocenters. The lowest BCUT2D eigenvalue weighted by Crippen LogP contribution is -2.17. The lowest BCUT2D eigenvalue weighted by Gasteiger charge is -2.21. The molecule has 3 heteroatoms. The van der Waals surface area contributed by atoms with Crippen LogP contribution < -0.4 is 5.32 Å². The highest BCUT2D eigenvalue weighted by Crippen LogP contribution is 2.23. The van der Waals surface area contributed by atoms with Crippen LogP contribution >= 0.6 is 0 Å². The average Bonchev–Trinajstić information content (AvgIpc) is 2.63. The number of nitrogens with one attached hydrogen (secondary N) is 1. The lowest BCUT2D eigenvalue weighted by molar-refractivity contribution is 0.373. The molecule has 1 aromatic rings. The highest BCUT2D eigenvalue weighted by atomic mass is 15.3. The maximum absolute atomic E-state index is 4.30. The molecule has 0 aromatic carbocycles. The van der Waals surface area contributed by atoms with Crippen LogP contribution in [0, 0.1) is 5.92 Å². The summed E-state index contributed by atoms with van der Waals surface area (Å²) >= 11 is 0. The van der Waals surface area contributed by atoms with E-state index in [4.69, 9.17) is 0 Å². The van der Waals surface area contributed by atoms with Gasteiger partial charge in [0, 0.05) is 25.9 Å². The third-order valence-corrected chi connectivity index (χ3v) is 3.01. The molecule has 1 N–H and O–H groups in total.